The van der Waals surface area contributed by atoms with Crippen LogP contribution in [0.2, 0.25) is 0 Å². The fraction of sp³-hybridized carbons (Fsp3) is 0.167. The predicted molar refractivity (Wildman–Crippen MR) is 131 cm³/mol. The topological polar surface area (TPSA) is 140 Å². The van der Waals surface area contributed by atoms with E-state index in [-0.39, 0.29) is 10.8 Å². The van der Waals surface area contributed by atoms with Gasteiger partial charge in [0.15, 0.2) is 11.2 Å². The third-order valence-corrected chi connectivity index (χ3v) is 6.02. The number of nitro benzene ring substituents is 1. The fourth-order valence-corrected chi connectivity index (χ4v) is 3.90. The predicted octanol–water partition coefficient (Wildman–Crippen LogP) is 4.91. The van der Waals surface area contributed by atoms with Crippen LogP contribution in [0.1, 0.15) is 28.7 Å². The largest absolute Gasteiger partial charge is 0.449 e. The van der Waals surface area contributed by atoms with Crippen molar-refractivity contribution in [3.8, 4) is 22.6 Å². The molecule has 0 fully saturated rings. The molecule has 1 amide bonds. The minimum absolute atomic E-state index is 0.0518. The van der Waals surface area contributed by atoms with Gasteiger partial charge in [-0.1, -0.05) is 24.3 Å². The number of non-ortho nitro benzene ring substituents is 1. The number of thiazole rings is 1. The first kappa shape index (κ1) is 23.8. The van der Waals surface area contributed by atoms with Crippen LogP contribution in [-0.4, -0.2) is 37.9 Å². The van der Waals surface area contributed by atoms with Crippen LogP contribution >= 0.6 is 11.3 Å². The van der Waals surface area contributed by atoms with Crippen molar-refractivity contribution in [3.05, 3.63) is 81.0 Å². The van der Waals surface area contributed by atoms with Crippen LogP contribution in [-0.2, 0) is 9.53 Å². The summed E-state index contributed by atoms with van der Waals surface area (Å²) in [7, 11) is 0. The van der Waals surface area contributed by atoms with Crippen LogP contribution in [0.25, 0.3) is 22.6 Å². The lowest BCUT2D eigenvalue weighted by Gasteiger charge is -2.12. The number of esters is 1. The number of benzene rings is 2. The van der Waals surface area contributed by atoms with Gasteiger partial charge in [-0.05, 0) is 32.9 Å². The second kappa shape index (κ2) is 9.85. The second-order valence-electron chi connectivity index (χ2n) is 7.76. The van der Waals surface area contributed by atoms with E-state index in [1.807, 2.05) is 13.8 Å². The van der Waals surface area contributed by atoms with E-state index in [2.05, 4.69) is 20.3 Å². The molecule has 1 unspecified atom stereocenters. The Morgan fingerprint density at radius 1 is 1.11 bits per heavy atom. The summed E-state index contributed by atoms with van der Waals surface area (Å²) < 4.78 is 5.30. The van der Waals surface area contributed by atoms with Crippen molar-refractivity contribution >= 4 is 34.0 Å². The smallest absolute Gasteiger partial charge is 0.338 e. The molecule has 2 N–H and O–H groups in total. The average Bonchev–Trinajstić information content (AvgIpc) is 3.45. The van der Waals surface area contributed by atoms with Gasteiger partial charge in [0.25, 0.3) is 11.6 Å². The molecule has 2 heterocycles. The fourth-order valence-electron chi connectivity index (χ4n) is 3.18. The first-order valence-electron chi connectivity index (χ1n) is 10.6. The van der Waals surface area contributed by atoms with Gasteiger partial charge >= 0.3 is 5.97 Å². The Labute approximate surface area is 204 Å². The minimum atomic E-state index is -1.07. The van der Waals surface area contributed by atoms with Gasteiger partial charge in [0.05, 0.1) is 21.9 Å². The highest BCUT2D eigenvalue weighted by molar-refractivity contribution is 7.14. The maximum atomic E-state index is 12.5. The number of carbonyl (C=O) groups is 2. The summed E-state index contributed by atoms with van der Waals surface area (Å²) in [5.74, 6) is -0.473. The number of hydrogen-bond donors (Lipinski definition) is 2. The molecule has 0 saturated carbocycles. The Morgan fingerprint density at radius 3 is 2.51 bits per heavy atom. The molecule has 0 radical (unpaired) electrons. The molecule has 0 aliphatic rings. The summed E-state index contributed by atoms with van der Waals surface area (Å²) in [6.07, 6.45) is -1.07. The number of nitro groups is 1. The number of ether oxygens (including phenoxy) is 1. The molecule has 0 aliphatic heterocycles. The zero-order valence-corrected chi connectivity index (χ0v) is 19.9. The van der Waals surface area contributed by atoms with E-state index in [0.29, 0.717) is 22.6 Å². The SMILES string of the molecule is Cc1nc(-c2ccc(C(=O)OC(C)C(=O)Nc3nc(-c4cccc([N+](=O)[O-])c4)cs3)cc2)[nH]c1C. The number of aromatic amines is 1. The van der Waals surface area contributed by atoms with E-state index in [4.69, 9.17) is 4.74 Å². The summed E-state index contributed by atoms with van der Waals surface area (Å²) in [6.45, 7) is 5.31. The van der Waals surface area contributed by atoms with Gasteiger partial charge in [-0.2, -0.15) is 0 Å². The average molecular weight is 492 g/mol. The van der Waals surface area contributed by atoms with Gasteiger partial charge in [0.1, 0.15) is 5.82 Å². The van der Waals surface area contributed by atoms with E-state index in [9.17, 15) is 19.7 Å². The van der Waals surface area contributed by atoms with Crippen molar-refractivity contribution in [3.63, 3.8) is 0 Å². The van der Waals surface area contributed by atoms with Crippen LogP contribution in [0, 0.1) is 24.0 Å². The van der Waals surface area contributed by atoms with Crippen LogP contribution < -0.4 is 5.32 Å². The van der Waals surface area contributed by atoms with E-state index in [1.165, 1.54) is 19.1 Å². The van der Waals surface area contributed by atoms with Crippen molar-refractivity contribution in [2.75, 3.05) is 5.32 Å². The standard InChI is InChI=1S/C24H21N5O5S/c1-13-14(2)26-21(25-13)16-7-9-17(10-8-16)23(31)34-15(3)22(30)28-24-27-20(12-35-24)18-5-4-6-19(11-18)29(32)33/h4-12,15H,1-3H3,(H,25,26)(H,27,28,30). The zero-order chi connectivity index (χ0) is 25.1. The van der Waals surface area contributed by atoms with Crippen molar-refractivity contribution in [2.24, 2.45) is 0 Å². The Hall–Kier alpha value is -4.38. The molecule has 4 aromatic rings. The highest BCUT2D eigenvalue weighted by atomic mass is 32.1. The lowest BCUT2D eigenvalue weighted by atomic mass is 10.1. The quantitative estimate of drug-likeness (QED) is 0.213. The summed E-state index contributed by atoms with van der Waals surface area (Å²) in [4.78, 5) is 47.4. The second-order valence-corrected chi connectivity index (χ2v) is 8.61. The summed E-state index contributed by atoms with van der Waals surface area (Å²) >= 11 is 1.16. The highest BCUT2D eigenvalue weighted by Crippen LogP contribution is 2.27. The van der Waals surface area contributed by atoms with Gasteiger partial charge in [-0.3, -0.25) is 20.2 Å². The van der Waals surface area contributed by atoms with Crippen molar-refractivity contribution in [2.45, 2.75) is 26.9 Å². The normalized spacial score (nSPS) is 11.6. The van der Waals surface area contributed by atoms with Crippen molar-refractivity contribution in [1.82, 2.24) is 15.0 Å². The van der Waals surface area contributed by atoms with E-state index in [0.717, 1.165) is 28.3 Å². The third-order valence-electron chi connectivity index (χ3n) is 5.26. The number of H-pyrrole nitrogens is 1. The number of aromatic nitrogens is 3. The minimum Gasteiger partial charge on any atom is -0.449 e. The van der Waals surface area contributed by atoms with Gasteiger partial charge in [-0.25, -0.2) is 14.8 Å². The van der Waals surface area contributed by atoms with E-state index < -0.39 is 22.9 Å². The molecule has 2 aromatic carbocycles. The first-order valence-corrected chi connectivity index (χ1v) is 11.4. The summed E-state index contributed by atoms with van der Waals surface area (Å²) in [5, 5.41) is 15.6. The molecule has 0 bridgehead atoms. The Balaban J connectivity index is 1.37. The maximum absolute atomic E-state index is 12.5. The Kier molecular flexibility index (Phi) is 6.69. The third kappa shape index (κ3) is 5.41. The van der Waals surface area contributed by atoms with Crippen LogP contribution in [0.15, 0.2) is 53.9 Å². The molecule has 35 heavy (non-hydrogen) atoms. The molecular formula is C24H21N5O5S. The van der Waals surface area contributed by atoms with Crippen LogP contribution in [0.5, 0.6) is 0 Å². The van der Waals surface area contributed by atoms with Gasteiger partial charge in [0, 0.05) is 34.3 Å². The molecule has 0 saturated heterocycles. The van der Waals surface area contributed by atoms with Crippen molar-refractivity contribution in [1.29, 1.82) is 0 Å². The number of anilines is 1. The van der Waals surface area contributed by atoms with Crippen molar-refractivity contribution < 1.29 is 19.2 Å². The molecule has 0 spiro atoms. The summed E-state index contributed by atoms with van der Waals surface area (Å²) in [6, 6.07) is 12.8. The molecular weight excluding hydrogens is 470 g/mol. The number of amides is 1. The number of hydrogen-bond acceptors (Lipinski definition) is 8. The molecule has 10 nitrogen and oxygen atoms in total. The number of carbonyl (C=O) groups excluding carboxylic acids is 2. The van der Waals surface area contributed by atoms with Gasteiger partial charge in [-0.15, -0.1) is 11.3 Å². The number of imidazole rings is 1. The number of aryl methyl sites for hydroxylation is 2. The van der Waals surface area contributed by atoms with Crippen LogP contribution in [0.3, 0.4) is 0 Å². The lowest BCUT2D eigenvalue weighted by Crippen LogP contribution is -2.29. The lowest BCUT2D eigenvalue weighted by molar-refractivity contribution is -0.384. The van der Waals surface area contributed by atoms with E-state index >= 15 is 0 Å². The van der Waals surface area contributed by atoms with Gasteiger partial charge in [0.2, 0.25) is 0 Å². The maximum Gasteiger partial charge on any atom is 0.338 e. The number of rotatable bonds is 7. The molecule has 0 aliphatic carbocycles. The Morgan fingerprint density at radius 2 is 1.86 bits per heavy atom. The molecule has 2 aromatic heterocycles. The van der Waals surface area contributed by atoms with Crippen LogP contribution in [0.4, 0.5) is 10.8 Å². The number of nitrogens with zero attached hydrogens (tertiary/aromatic N) is 3. The highest BCUT2D eigenvalue weighted by Gasteiger charge is 2.21. The monoisotopic (exact) mass is 491 g/mol. The molecule has 1 atom stereocenters. The van der Waals surface area contributed by atoms with Gasteiger partial charge < -0.3 is 9.72 Å². The zero-order valence-electron chi connectivity index (χ0n) is 19.1. The molecule has 178 valence electrons. The molecule has 4 rings (SSSR count). The Bertz CT molecular complexity index is 1390. The first-order chi connectivity index (χ1) is 16.7. The summed E-state index contributed by atoms with van der Waals surface area (Å²) in [5.41, 5.74) is 3.99. The molecule has 11 heteroatoms. The van der Waals surface area contributed by atoms with E-state index in [1.54, 1.807) is 41.8 Å². The number of nitrogens with one attached hydrogen (secondary N) is 2.